The molecule has 5 nitrogen and oxygen atoms in total. The van der Waals surface area contributed by atoms with Gasteiger partial charge in [0.05, 0.1) is 17.5 Å². The average Bonchev–Trinajstić information content (AvgIpc) is 2.96. The van der Waals surface area contributed by atoms with E-state index in [4.69, 9.17) is 4.42 Å². The fraction of sp³-hybridized carbons (Fsp3) is 0.400. The van der Waals surface area contributed by atoms with Crippen LogP contribution in [0, 0.1) is 12.8 Å². The van der Waals surface area contributed by atoms with Gasteiger partial charge >= 0.3 is 0 Å². The Morgan fingerprint density at radius 1 is 1.41 bits per heavy atom. The first-order chi connectivity index (χ1) is 10.8. The van der Waals surface area contributed by atoms with Crippen molar-refractivity contribution in [1.82, 2.24) is 20.5 Å². The van der Waals surface area contributed by atoms with Crippen molar-refractivity contribution in [2.75, 3.05) is 0 Å². The largest absolute Gasteiger partial charge is 0.419 e. The summed E-state index contributed by atoms with van der Waals surface area (Å²) in [6.45, 7) is 2.68. The van der Waals surface area contributed by atoms with E-state index in [1.54, 1.807) is 22.7 Å². The Morgan fingerprint density at radius 2 is 2.32 bits per heavy atom. The van der Waals surface area contributed by atoms with Gasteiger partial charge in [-0.15, -0.1) is 32.9 Å². The molecule has 1 aliphatic carbocycles. The second-order valence-corrected chi connectivity index (χ2v) is 7.70. The van der Waals surface area contributed by atoms with E-state index in [2.05, 4.69) is 27.4 Å². The maximum atomic E-state index is 5.73. The summed E-state index contributed by atoms with van der Waals surface area (Å²) >= 11 is 3.37. The minimum Gasteiger partial charge on any atom is -0.419 e. The Labute approximate surface area is 136 Å². The van der Waals surface area contributed by atoms with Crippen LogP contribution < -0.4 is 5.32 Å². The normalized spacial score (nSPS) is 16.0. The second kappa shape index (κ2) is 5.91. The fourth-order valence-corrected chi connectivity index (χ4v) is 4.01. The maximum absolute atomic E-state index is 5.73. The molecule has 3 aromatic heterocycles. The maximum Gasteiger partial charge on any atom is 0.257 e. The summed E-state index contributed by atoms with van der Waals surface area (Å²) in [5, 5.41) is 15.0. The zero-order valence-corrected chi connectivity index (χ0v) is 13.8. The number of aromatic nitrogens is 3. The van der Waals surface area contributed by atoms with Crippen LogP contribution in [-0.2, 0) is 6.54 Å². The Kier molecular flexibility index (Phi) is 3.77. The molecule has 1 aliphatic rings. The molecule has 1 atom stereocenters. The third-order valence-electron chi connectivity index (χ3n) is 3.67. The monoisotopic (exact) mass is 332 g/mol. The van der Waals surface area contributed by atoms with Crippen LogP contribution in [0.1, 0.15) is 34.7 Å². The molecule has 114 valence electrons. The van der Waals surface area contributed by atoms with Crippen LogP contribution in [0.4, 0.5) is 0 Å². The number of thiophene rings is 1. The first kappa shape index (κ1) is 14.0. The fourth-order valence-electron chi connectivity index (χ4n) is 2.42. The highest BCUT2D eigenvalue weighted by Gasteiger charge is 2.34. The predicted octanol–water partition coefficient (Wildman–Crippen LogP) is 3.80. The molecule has 1 saturated carbocycles. The zero-order chi connectivity index (χ0) is 14.9. The van der Waals surface area contributed by atoms with Gasteiger partial charge in [0.1, 0.15) is 5.01 Å². The van der Waals surface area contributed by atoms with Gasteiger partial charge in [0.15, 0.2) is 0 Å². The van der Waals surface area contributed by atoms with Gasteiger partial charge in [-0.05, 0) is 37.1 Å². The van der Waals surface area contributed by atoms with Crippen molar-refractivity contribution in [2.45, 2.75) is 32.4 Å². The van der Waals surface area contributed by atoms with E-state index >= 15 is 0 Å². The van der Waals surface area contributed by atoms with Crippen LogP contribution in [-0.4, -0.2) is 15.2 Å². The average molecular weight is 332 g/mol. The second-order valence-electron chi connectivity index (χ2n) is 5.48. The Bertz CT molecular complexity index is 745. The number of hydrogen-bond donors (Lipinski definition) is 1. The topological polar surface area (TPSA) is 63.8 Å². The lowest BCUT2D eigenvalue weighted by Crippen LogP contribution is -2.22. The summed E-state index contributed by atoms with van der Waals surface area (Å²) in [6, 6.07) is 4.27. The van der Waals surface area contributed by atoms with Crippen LogP contribution in [0.5, 0.6) is 0 Å². The Morgan fingerprint density at radius 3 is 3.00 bits per heavy atom. The molecule has 0 saturated heterocycles. The molecule has 0 bridgehead atoms. The number of nitrogens with zero attached hydrogens (tertiary/aromatic N) is 3. The zero-order valence-electron chi connectivity index (χ0n) is 12.2. The molecular formula is C15H16N4OS2. The van der Waals surface area contributed by atoms with E-state index < -0.39 is 0 Å². The van der Waals surface area contributed by atoms with Crippen molar-refractivity contribution < 1.29 is 4.42 Å². The van der Waals surface area contributed by atoms with Crippen LogP contribution in [0.25, 0.3) is 10.8 Å². The van der Waals surface area contributed by atoms with E-state index in [1.807, 2.05) is 23.7 Å². The van der Waals surface area contributed by atoms with Crippen molar-refractivity contribution in [3.8, 4) is 10.8 Å². The Hall–Kier alpha value is -1.57. The molecule has 22 heavy (non-hydrogen) atoms. The van der Waals surface area contributed by atoms with Crippen molar-refractivity contribution in [1.29, 1.82) is 0 Å². The quantitative estimate of drug-likeness (QED) is 0.744. The lowest BCUT2D eigenvalue weighted by atomic mass is 10.2. The third-order valence-corrected chi connectivity index (χ3v) is 5.52. The van der Waals surface area contributed by atoms with Crippen molar-refractivity contribution >= 4 is 22.7 Å². The smallest absolute Gasteiger partial charge is 0.257 e. The summed E-state index contributed by atoms with van der Waals surface area (Å²) in [7, 11) is 0. The summed E-state index contributed by atoms with van der Waals surface area (Å²) in [6.07, 6.45) is 4.47. The Balaban J connectivity index is 1.44. The molecule has 0 aliphatic heterocycles. The molecule has 1 N–H and O–H groups in total. The summed E-state index contributed by atoms with van der Waals surface area (Å²) < 4.78 is 5.73. The molecule has 0 spiro atoms. The minimum atomic E-state index is 0.302. The third kappa shape index (κ3) is 2.97. The van der Waals surface area contributed by atoms with Gasteiger partial charge < -0.3 is 4.42 Å². The SMILES string of the molecule is Cc1cnc([C@H](NCc2nnc(-c3cccs3)o2)C2CC2)s1. The standard InChI is InChI=1S/C15H16N4OS2/c1-9-7-17-15(22-9)13(10-4-5-10)16-8-12-18-19-14(20-12)11-3-2-6-21-11/h2-3,6-7,10,13,16H,4-5,8H2,1H3/t13-/m1/s1. The molecule has 0 radical (unpaired) electrons. The summed E-state index contributed by atoms with van der Waals surface area (Å²) in [5.41, 5.74) is 0. The number of thiazole rings is 1. The molecule has 1 fully saturated rings. The molecular weight excluding hydrogens is 316 g/mol. The highest BCUT2D eigenvalue weighted by Crippen LogP contribution is 2.42. The van der Waals surface area contributed by atoms with Gasteiger partial charge in [0.2, 0.25) is 5.89 Å². The van der Waals surface area contributed by atoms with Crippen LogP contribution in [0.2, 0.25) is 0 Å². The highest BCUT2D eigenvalue weighted by atomic mass is 32.1. The van der Waals surface area contributed by atoms with Crippen LogP contribution in [0.3, 0.4) is 0 Å². The van der Waals surface area contributed by atoms with Gasteiger partial charge in [0, 0.05) is 11.1 Å². The first-order valence-electron chi connectivity index (χ1n) is 7.31. The van der Waals surface area contributed by atoms with Crippen LogP contribution in [0.15, 0.2) is 28.1 Å². The highest BCUT2D eigenvalue weighted by molar-refractivity contribution is 7.13. The van der Waals surface area contributed by atoms with Gasteiger partial charge in [0.25, 0.3) is 5.89 Å². The van der Waals surface area contributed by atoms with E-state index in [9.17, 15) is 0 Å². The molecule has 7 heteroatoms. The van der Waals surface area contributed by atoms with E-state index in [0.29, 0.717) is 30.3 Å². The number of rotatable bonds is 6. The van der Waals surface area contributed by atoms with Crippen molar-refractivity contribution in [3.05, 3.63) is 39.5 Å². The van der Waals surface area contributed by atoms with E-state index in [1.165, 1.54) is 17.7 Å². The van der Waals surface area contributed by atoms with Crippen LogP contribution >= 0.6 is 22.7 Å². The molecule has 4 rings (SSSR count). The lowest BCUT2D eigenvalue weighted by molar-refractivity contribution is 0.420. The summed E-state index contributed by atoms with van der Waals surface area (Å²) in [4.78, 5) is 6.78. The molecule has 0 aromatic carbocycles. The summed E-state index contributed by atoms with van der Waals surface area (Å²) in [5.74, 6) is 1.91. The van der Waals surface area contributed by atoms with E-state index in [0.717, 1.165) is 9.88 Å². The molecule has 0 unspecified atom stereocenters. The van der Waals surface area contributed by atoms with Gasteiger partial charge in [-0.25, -0.2) is 4.98 Å². The van der Waals surface area contributed by atoms with Gasteiger partial charge in [-0.2, -0.15) is 0 Å². The lowest BCUT2D eigenvalue weighted by Gasteiger charge is -2.14. The van der Waals surface area contributed by atoms with E-state index in [-0.39, 0.29) is 0 Å². The number of nitrogens with one attached hydrogen (secondary N) is 1. The predicted molar refractivity (Wildman–Crippen MR) is 86.8 cm³/mol. The van der Waals surface area contributed by atoms with Crippen molar-refractivity contribution in [3.63, 3.8) is 0 Å². The van der Waals surface area contributed by atoms with Crippen molar-refractivity contribution in [2.24, 2.45) is 5.92 Å². The molecule has 3 heterocycles. The first-order valence-corrected chi connectivity index (χ1v) is 9.01. The minimum absolute atomic E-state index is 0.302. The number of aryl methyl sites for hydroxylation is 1. The number of hydrogen-bond acceptors (Lipinski definition) is 7. The van der Waals surface area contributed by atoms with Gasteiger partial charge in [-0.1, -0.05) is 6.07 Å². The van der Waals surface area contributed by atoms with Gasteiger partial charge in [-0.3, -0.25) is 5.32 Å². The molecule has 3 aromatic rings. The molecule has 0 amide bonds.